The van der Waals surface area contributed by atoms with E-state index >= 15 is 0 Å². The van der Waals surface area contributed by atoms with E-state index in [1.54, 1.807) is 0 Å². The van der Waals surface area contributed by atoms with Crippen LogP contribution in [0.15, 0.2) is 12.3 Å². The van der Waals surface area contributed by atoms with E-state index in [1.165, 1.54) is 28.4 Å². The molecule has 0 radical (unpaired) electrons. The molecular weight excluding hydrogens is 286 g/mol. The lowest BCUT2D eigenvalue weighted by Gasteiger charge is -2.38. The molecular formula is C15H23N3O2S. The van der Waals surface area contributed by atoms with Crippen LogP contribution in [0.4, 0.5) is 5.69 Å². The van der Waals surface area contributed by atoms with Crippen molar-refractivity contribution in [3.8, 4) is 0 Å². The maximum absolute atomic E-state index is 12.2. The number of anilines is 1. The van der Waals surface area contributed by atoms with Crippen LogP contribution in [0, 0.1) is 0 Å². The van der Waals surface area contributed by atoms with Gasteiger partial charge in [0.25, 0.3) is 5.91 Å². The van der Waals surface area contributed by atoms with Gasteiger partial charge in [-0.25, -0.2) is 0 Å². The van der Waals surface area contributed by atoms with Crippen molar-refractivity contribution in [3.05, 3.63) is 18.0 Å². The van der Waals surface area contributed by atoms with Gasteiger partial charge in [0.2, 0.25) is 0 Å². The first-order chi connectivity index (χ1) is 10.2. The maximum Gasteiger partial charge on any atom is 0.271 e. The van der Waals surface area contributed by atoms with Gasteiger partial charge in [0.15, 0.2) is 0 Å². The Kier molecular flexibility index (Phi) is 4.35. The first-order valence-corrected chi connectivity index (χ1v) is 8.64. The highest BCUT2D eigenvalue weighted by atomic mass is 32.1. The summed E-state index contributed by atoms with van der Waals surface area (Å²) in [7, 11) is 0. The number of ether oxygens (including phenoxy) is 1. The van der Waals surface area contributed by atoms with Crippen molar-refractivity contribution >= 4 is 27.8 Å². The summed E-state index contributed by atoms with van der Waals surface area (Å²) in [6, 6.07) is 1.99. The Morgan fingerprint density at radius 2 is 2.38 bits per heavy atom. The van der Waals surface area contributed by atoms with Crippen LogP contribution in [0.5, 0.6) is 0 Å². The summed E-state index contributed by atoms with van der Waals surface area (Å²) in [6.45, 7) is 5.54. The Morgan fingerprint density at radius 1 is 1.52 bits per heavy atom. The Hall–Kier alpha value is -1.27. The SMILES string of the molecule is CC(C)OCCN1c2cc[nH]c2C(=O)NC1C1=[SH]CCC1. The molecule has 2 N–H and O–H groups in total. The van der Waals surface area contributed by atoms with E-state index in [9.17, 15) is 4.79 Å². The summed E-state index contributed by atoms with van der Waals surface area (Å²) in [6.07, 6.45) is 4.40. The standard InChI is InChI=1S/C15H23N3O2S/c1-10(2)20-8-7-18-11-5-6-16-13(11)15(19)17-14(18)12-4-3-9-21-12/h5-6,10,14,16,21H,3-4,7-9H2,1-2H3,(H,17,19). The van der Waals surface area contributed by atoms with Gasteiger partial charge in [-0.15, -0.1) is 0 Å². The van der Waals surface area contributed by atoms with Crippen molar-refractivity contribution < 1.29 is 9.53 Å². The first-order valence-electron chi connectivity index (χ1n) is 7.56. The second-order valence-corrected chi connectivity index (χ2v) is 7.04. The fourth-order valence-electron chi connectivity index (χ4n) is 2.88. The number of hydrogen-bond donors (Lipinski definition) is 3. The van der Waals surface area contributed by atoms with Gasteiger partial charge >= 0.3 is 0 Å². The summed E-state index contributed by atoms with van der Waals surface area (Å²) < 4.78 is 5.70. The molecule has 2 aliphatic rings. The molecule has 0 saturated heterocycles. The second-order valence-electron chi connectivity index (χ2n) is 5.70. The lowest BCUT2D eigenvalue weighted by Crippen LogP contribution is -2.57. The Morgan fingerprint density at radius 3 is 3.10 bits per heavy atom. The zero-order chi connectivity index (χ0) is 14.8. The minimum absolute atomic E-state index is 0.00405. The topological polar surface area (TPSA) is 57.4 Å². The van der Waals surface area contributed by atoms with Crippen molar-refractivity contribution in [2.75, 3.05) is 23.8 Å². The Bertz CT molecular complexity index is 553. The number of H-pyrrole nitrogens is 1. The summed E-state index contributed by atoms with van der Waals surface area (Å²) >= 11 is 1.37. The zero-order valence-corrected chi connectivity index (χ0v) is 13.5. The molecule has 0 aliphatic carbocycles. The van der Waals surface area contributed by atoms with E-state index in [4.69, 9.17) is 4.74 Å². The number of rotatable bonds is 5. The van der Waals surface area contributed by atoms with Gasteiger partial charge in [0, 0.05) is 12.7 Å². The van der Waals surface area contributed by atoms with Crippen LogP contribution in [0.2, 0.25) is 0 Å². The predicted molar refractivity (Wildman–Crippen MR) is 88.6 cm³/mol. The van der Waals surface area contributed by atoms with Crippen molar-refractivity contribution in [2.45, 2.75) is 39.0 Å². The highest BCUT2D eigenvalue weighted by Crippen LogP contribution is 2.28. The molecule has 0 aromatic carbocycles. The number of aromatic nitrogens is 1. The number of amides is 1. The molecule has 1 atom stereocenters. The quantitative estimate of drug-likeness (QED) is 0.574. The third-order valence-electron chi connectivity index (χ3n) is 3.85. The minimum Gasteiger partial charge on any atom is -0.377 e. The largest absolute Gasteiger partial charge is 0.377 e. The van der Waals surface area contributed by atoms with E-state index in [0.717, 1.165) is 18.7 Å². The highest BCUT2D eigenvalue weighted by Gasteiger charge is 2.34. The van der Waals surface area contributed by atoms with Crippen LogP contribution in [0.1, 0.15) is 37.2 Å². The molecule has 0 saturated carbocycles. The highest BCUT2D eigenvalue weighted by molar-refractivity contribution is 7.99. The number of aromatic amines is 1. The van der Waals surface area contributed by atoms with E-state index in [1.807, 2.05) is 26.1 Å². The summed E-state index contributed by atoms with van der Waals surface area (Å²) in [5.74, 6) is 1.20. The molecule has 21 heavy (non-hydrogen) atoms. The van der Waals surface area contributed by atoms with Crippen LogP contribution in [0.3, 0.4) is 0 Å². The minimum atomic E-state index is -0.00405. The third kappa shape index (κ3) is 3.01. The molecule has 1 aromatic rings. The van der Waals surface area contributed by atoms with E-state index < -0.39 is 0 Å². The number of carbonyl (C=O) groups excluding carboxylic acids is 1. The molecule has 3 rings (SSSR count). The first kappa shape index (κ1) is 14.7. The number of fused-ring (bicyclic) bond motifs is 1. The second kappa shape index (κ2) is 6.23. The number of hydrogen-bond acceptors (Lipinski definition) is 3. The van der Waals surface area contributed by atoms with Gasteiger partial charge in [-0.1, -0.05) is 0 Å². The monoisotopic (exact) mass is 309 g/mol. The van der Waals surface area contributed by atoms with Gasteiger partial charge in [-0.05, 0) is 43.4 Å². The molecule has 2 aliphatic heterocycles. The van der Waals surface area contributed by atoms with Gasteiger partial charge in [-0.2, -0.15) is 11.4 Å². The van der Waals surface area contributed by atoms with Gasteiger partial charge in [-0.3, -0.25) is 4.79 Å². The predicted octanol–water partition coefficient (Wildman–Crippen LogP) is 1.75. The number of nitrogens with one attached hydrogen (secondary N) is 2. The van der Waals surface area contributed by atoms with Crippen LogP contribution >= 0.6 is 11.4 Å². The lowest BCUT2D eigenvalue weighted by molar-refractivity contribution is 0.0814. The smallest absolute Gasteiger partial charge is 0.271 e. The van der Waals surface area contributed by atoms with Crippen LogP contribution < -0.4 is 10.2 Å². The Balaban J connectivity index is 1.82. The molecule has 6 heteroatoms. The molecule has 116 valence electrons. The number of thiol groups is 1. The van der Waals surface area contributed by atoms with Crippen LogP contribution in [-0.2, 0) is 4.74 Å². The van der Waals surface area contributed by atoms with Crippen molar-refractivity contribution in [2.24, 2.45) is 0 Å². The van der Waals surface area contributed by atoms with Crippen LogP contribution in [0.25, 0.3) is 0 Å². The normalized spacial score (nSPS) is 21.9. The average molecular weight is 309 g/mol. The van der Waals surface area contributed by atoms with E-state index in [0.29, 0.717) is 12.3 Å². The molecule has 5 nitrogen and oxygen atoms in total. The molecule has 1 aromatic heterocycles. The third-order valence-corrected chi connectivity index (χ3v) is 5.26. The van der Waals surface area contributed by atoms with Gasteiger partial charge in [0.05, 0.1) is 18.4 Å². The summed E-state index contributed by atoms with van der Waals surface area (Å²) in [4.78, 5) is 18.9. The molecule has 3 heterocycles. The van der Waals surface area contributed by atoms with E-state index in [2.05, 4.69) is 15.2 Å². The molecule has 1 amide bonds. The Labute approximate surface area is 129 Å². The van der Waals surface area contributed by atoms with Crippen molar-refractivity contribution in [3.63, 3.8) is 0 Å². The van der Waals surface area contributed by atoms with Gasteiger partial charge in [0.1, 0.15) is 11.9 Å². The number of nitrogens with zero attached hydrogens (tertiary/aromatic N) is 1. The maximum atomic E-state index is 12.2. The summed E-state index contributed by atoms with van der Waals surface area (Å²) in [5, 5.41) is 3.15. The number of carbonyl (C=O) groups is 1. The summed E-state index contributed by atoms with van der Waals surface area (Å²) in [5.41, 5.74) is 1.65. The molecule has 1 unspecified atom stereocenters. The van der Waals surface area contributed by atoms with Crippen LogP contribution in [-0.4, -0.2) is 46.9 Å². The molecule has 0 bridgehead atoms. The van der Waals surface area contributed by atoms with Crippen molar-refractivity contribution in [1.29, 1.82) is 0 Å². The molecule has 0 fully saturated rings. The lowest BCUT2D eigenvalue weighted by atomic mass is 10.1. The van der Waals surface area contributed by atoms with Gasteiger partial charge < -0.3 is 19.9 Å². The fraction of sp³-hybridized carbons (Fsp3) is 0.600. The van der Waals surface area contributed by atoms with Crippen molar-refractivity contribution in [1.82, 2.24) is 10.3 Å². The van der Waals surface area contributed by atoms with E-state index in [-0.39, 0.29) is 18.2 Å². The average Bonchev–Trinajstić information content (AvgIpc) is 3.10. The molecule has 0 spiro atoms. The fourth-order valence-corrected chi connectivity index (χ4v) is 4.18. The zero-order valence-electron chi connectivity index (χ0n) is 12.6.